The number of carbonyl (C=O) groups excluding carboxylic acids is 1. The first-order valence-electron chi connectivity index (χ1n) is 7.21. The molecule has 1 aromatic heterocycles. The number of aromatic nitrogens is 2. The van der Waals surface area contributed by atoms with Crippen molar-refractivity contribution in [3.63, 3.8) is 0 Å². The highest BCUT2D eigenvalue weighted by Gasteiger charge is 2.28. The van der Waals surface area contributed by atoms with E-state index < -0.39 is 11.6 Å². The molecule has 3 aromatic rings. The standard InChI is InChI=1S/C18H13FN2O3/c1-12-18(17(22)10-9-13-5-4-6-14(19)11-13)21(24)16-8-3-2-7-15(16)20(12)23/h2-11H,1H3/b10-9+. The van der Waals surface area contributed by atoms with Gasteiger partial charge in [0, 0.05) is 19.1 Å². The number of rotatable bonds is 3. The Hall–Kier alpha value is -3.28. The van der Waals surface area contributed by atoms with Crippen molar-refractivity contribution in [2.75, 3.05) is 0 Å². The summed E-state index contributed by atoms with van der Waals surface area (Å²) in [7, 11) is 0. The number of ketones is 1. The second kappa shape index (κ2) is 6.08. The predicted molar refractivity (Wildman–Crippen MR) is 86.4 cm³/mol. The van der Waals surface area contributed by atoms with Crippen molar-refractivity contribution in [3.05, 3.63) is 87.8 Å². The van der Waals surface area contributed by atoms with Crippen LogP contribution in [0.5, 0.6) is 0 Å². The Morgan fingerprint density at radius 2 is 1.71 bits per heavy atom. The van der Waals surface area contributed by atoms with Gasteiger partial charge in [-0.05, 0) is 23.8 Å². The number of halogens is 1. The van der Waals surface area contributed by atoms with E-state index in [2.05, 4.69) is 0 Å². The maximum Gasteiger partial charge on any atom is 0.333 e. The lowest BCUT2D eigenvalue weighted by Gasteiger charge is -2.09. The summed E-state index contributed by atoms with van der Waals surface area (Å²) in [4.78, 5) is 12.4. The fourth-order valence-electron chi connectivity index (χ4n) is 2.49. The van der Waals surface area contributed by atoms with Crippen molar-refractivity contribution >= 4 is 22.9 Å². The molecule has 0 saturated heterocycles. The van der Waals surface area contributed by atoms with Crippen LogP contribution in [0.2, 0.25) is 0 Å². The van der Waals surface area contributed by atoms with Crippen LogP contribution in [0.15, 0.2) is 54.6 Å². The fraction of sp³-hybridized carbons (Fsp3) is 0.0556. The van der Waals surface area contributed by atoms with Crippen LogP contribution in [0, 0.1) is 23.2 Å². The Bertz CT molecular complexity index is 983. The molecule has 0 amide bonds. The number of carbonyl (C=O) groups is 1. The summed E-state index contributed by atoms with van der Waals surface area (Å²) in [6.45, 7) is 1.41. The van der Waals surface area contributed by atoms with Crippen LogP contribution >= 0.6 is 0 Å². The number of para-hydroxylation sites is 2. The van der Waals surface area contributed by atoms with E-state index in [1.54, 1.807) is 18.2 Å². The topological polar surface area (TPSA) is 71.0 Å². The van der Waals surface area contributed by atoms with E-state index in [1.807, 2.05) is 0 Å². The molecule has 0 aliphatic rings. The molecule has 24 heavy (non-hydrogen) atoms. The number of fused-ring (bicyclic) bond motifs is 1. The summed E-state index contributed by atoms with van der Waals surface area (Å²) in [5.41, 5.74) is 0.541. The third-order valence-corrected chi connectivity index (χ3v) is 3.68. The molecule has 0 bridgehead atoms. The van der Waals surface area contributed by atoms with Crippen LogP contribution in [0.3, 0.4) is 0 Å². The first-order chi connectivity index (χ1) is 11.5. The molecule has 0 N–H and O–H groups in total. The van der Waals surface area contributed by atoms with Gasteiger partial charge in [0.2, 0.25) is 0 Å². The van der Waals surface area contributed by atoms with Crippen LogP contribution < -0.4 is 9.46 Å². The molecule has 0 unspecified atom stereocenters. The molecular formula is C18H13FN2O3. The maximum atomic E-state index is 13.2. The van der Waals surface area contributed by atoms with E-state index in [9.17, 15) is 19.6 Å². The number of benzene rings is 2. The van der Waals surface area contributed by atoms with Gasteiger partial charge in [-0.2, -0.15) is 9.46 Å². The Balaban J connectivity index is 2.07. The zero-order chi connectivity index (χ0) is 17.3. The van der Waals surface area contributed by atoms with Gasteiger partial charge in [-0.25, -0.2) is 4.39 Å². The molecule has 0 aliphatic heterocycles. The zero-order valence-corrected chi connectivity index (χ0v) is 12.8. The zero-order valence-electron chi connectivity index (χ0n) is 12.8. The minimum atomic E-state index is -0.623. The summed E-state index contributed by atoms with van der Waals surface area (Å²) in [5, 5.41) is 24.7. The predicted octanol–water partition coefficient (Wildman–Crippen LogP) is 2.45. The summed E-state index contributed by atoms with van der Waals surface area (Å²) < 4.78 is 14.2. The van der Waals surface area contributed by atoms with Gasteiger partial charge in [-0.15, -0.1) is 0 Å². The van der Waals surface area contributed by atoms with Gasteiger partial charge >= 0.3 is 5.69 Å². The average molecular weight is 324 g/mol. The van der Waals surface area contributed by atoms with Crippen LogP contribution in [0.4, 0.5) is 4.39 Å². The van der Waals surface area contributed by atoms with Crippen molar-refractivity contribution < 1.29 is 18.6 Å². The highest BCUT2D eigenvalue weighted by atomic mass is 19.1. The summed E-state index contributed by atoms with van der Waals surface area (Å²) in [6.07, 6.45) is 2.55. The quantitative estimate of drug-likeness (QED) is 0.321. The van der Waals surface area contributed by atoms with Gasteiger partial charge in [0.15, 0.2) is 0 Å². The monoisotopic (exact) mass is 324 g/mol. The molecule has 120 valence electrons. The van der Waals surface area contributed by atoms with Gasteiger partial charge in [0.05, 0.1) is 0 Å². The molecule has 2 aromatic carbocycles. The smallest absolute Gasteiger partial charge is 0.333 e. The number of allylic oxidation sites excluding steroid dienone is 1. The molecule has 0 radical (unpaired) electrons. The second-order valence-electron chi connectivity index (χ2n) is 5.26. The third kappa shape index (κ3) is 2.69. The Kier molecular flexibility index (Phi) is 3.95. The van der Waals surface area contributed by atoms with E-state index >= 15 is 0 Å². The Morgan fingerprint density at radius 3 is 2.38 bits per heavy atom. The fourth-order valence-corrected chi connectivity index (χ4v) is 2.49. The number of hydrogen-bond donors (Lipinski definition) is 0. The minimum absolute atomic E-state index is 0.0117. The summed E-state index contributed by atoms with van der Waals surface area (Å²) in [6, 6.07) is 11.9. The highest BCUT2D eigenvalue weighted by Crippen LogP contribution is 2.11. The largest absolute Gasteiger partial charge is 0.618 e. The molecule has 0 spiro atoms. The molecule has 5 nitrogen and oxygen atoms in total. The lowest BCUT2D eigenvalue weighted by molar-refractivity contribution is -0.635. The SMILES string of the molecule is Cc1c(C(=O)/C=C/c2cccc(F)c2)[n+]([O-])c2ccccc2[n+]1[O-]. The first-order valence-corrected chi connectivity index (χ1v) is 7.21. The molecular weight excluding hydrogens is 311 g/mol. The minimum Gasteiger partial charge on any atom is -0.618 e. The van der Waals surface area contributed by atoms with Crippen LogP contribution in [0.1, 0.15) is 21.7 Å². The summed E-state index contributed by atoms with van der Waals surface area (Å²) >= 11 is 0. The molecule has 0 saturated carbocycles. The summed E-state index contributed by atoms with van der Waals surface area (Å²) in [5.74, 6) is -1.05. The van der Waals surface area contributed by atoms with Gasteiger partial charge in [0.25, 0.3) is 22.5 Å². The Labute approximate surface area is 137 Å². The van der Waals surface area contributed by atoms with E-state index in [0.717, 1.165) is 6.08 Å². The van der Waals surface area contributed by atoms with Gasteiger partial charge < -0.3 is 10.4 Å². The molecule has 1 heterocycles. The second-order valence-corrected chi connectivity index (χ2v) is 5.26. The molecule has 6 heteroatoms. The van der Waals surface area contributed by atoms with Crippen LogP contribution in [0.25, 0.3) is 17.1 Å². The van der Waals surface area contributed by atoms with Gasteiger partial charge in [0.1, 0.15) is 5.82 Å². The van der Waals surface area contributed by atoms with Crippen molar-refractivity contribution in [2.45, 2.75) is 6.92 Å². The van der Waals surface area contributed by atoms with E-state index in [1.165, 1.54) is 43.3 Å². The van der Waals surface area contributed by atoms with E-state index in [0.29, 0.717) is 15.0 Å². The number of nitrogens with zero attached hydrogens (tertiary/aromatic N) is 2. The van der Waals surface area contributed by atoms with E-state index in [4.69, 9.17) is 0 Å². The lowest BCUT2D eigenvalue weighted by atomic mass is 10.1. The maximum absolute atomic E-state index is 13.2. The van der Waals surface area contributed by atoms with Crippen molar-refractivity contribution in [2.24, 2.45) is 0 Å². The van der Waals surface area contributed by atoms with Crippen molar-refractivity contribution in [1.29, 1.82) is 0 Å². The normalized spacial score (nSPS) is 11.2. The molecule has 0 aliphatic carbocycles. The number of hydrogen-bond acceptors (Lipinski definition) is 3. The average Bonchev–Trinajstić information content (AvgIpc) is 2.58. The molecule has 0 fully saturated rings. The van der Waals surface area contributed by atoms with Crippen LogP contribution in [-0.2, 0) is 0 Å². The van der Waals surface area contributed by atoms with Gasteiger partial charge in [-0.3, -0.25) is 4.79 Å². The first kappa shape index (κ1) is 15.6. The third-order valence-electron chi connectivity index (χ3n) is 3.68. The van der Waals surface area contributed by atoms with Crippen molar-refractivity contribution in [1.82, 2.24) is 0 Å². The van der Waals surface area contributed by atoms with Crippen molar-refractivity contribution in [3.8, 4) is 0 Å². The lowest BCUT2D eigenvalue weighted by Crippen LogP contribution is -2.46. The molecule has 3 rings (SSSR count). The van der Waals surface area contributed by atoms with Gasteiger partial charge in [-0.1, -0.05) is 30.3 Å². The van der Waals surface area contributed by atoms with Crippen LogP contribution in [-0.4, -0.2) is 5.78 Å². The highest BCUT2D eigenvalue weighted by molar-refractivity contribution is 6.05. The van der Waals surface area contributed by atoms with E-state index in [-0.39, 0.29) is 22.4 Å². The Morgan fingerprint density at radius 1 is 1.04 bits per heavy atom. The molecule has 0 atom stereocenters.